The van der Waals surface area contributed by atoms with E-state index in [9.17, 15) is 4.79 Å². The molecule has 1 saturated heterocycles. The molecule has 0 aliphatic carbocycles. The molecule has 0 aromatic carbocycles. The molecular formula is C16H33N3O. The molecule has 0 bridgehead atoms. The summed E-state index contributed by atoms with van der Waals surface area (Å²) in [5.41, 5.74) is 5.80. The lowest BCUT2D eigenvalue weighted by molar-refractivity contribution is -0.125. The van der Waals surface area contributed by atoms with Crippen molar-refractivity contribution in [2.75, 3.05) is 19.6 Å². The number of amides is 1. The highest BCUT2D eigenvalue weighted by atomic mass is 16.1. The fourth-order valence-corrected chi connectivity index (χ4v) is 2.76. The predicted octanol–water partition coefficient (Wildman–Crippen LogP) is 1.99. The molecule has 0 aromatic heterocycles. The van der Waals surface area contributed by atoms with Crippen LogP contribution in [0.3, 0.4) is 0 Å². The minimum atomic E-state index is -0.129. The van der Waals surface area contributed by atoms with Crippen LogP contribution in [0.4, 0.5) is 0 Å². The lowest BCUT2D eigenvalue weighted by atomic mass is 9.91. The zero-order chi connectivity index (χ0) is 15.3. The van der Waals surface area contributed by atoms with Crippen molar-refractivity contribution in [2.45, 2.75) is 65.5 Å². The van der Waals surface area contributed by atoms with Crippen molar-refractivity contribution in [3.8, 4) is 0 Å². The van der Waals surface area contributed by atoms with E-state index in [1.165, 1.54) is 19.3 Å². The third-order valence-corrected chi connectivity index (χ3v) is 4.85. The molecule has 3 atom stereocenters. The van der Waals surface area contributed by atoms with Gasteiger partial charge in [0.1, 0.15) is 0 Å². The van der Waals surface area contributed by atoms with Gasteiger partial charge < -0.3 is 11.1 Å². The Morgan fingerprint density at radius 3 is 2.65 bits per heavy atom. The second kappa shape index (κ2) is 7.41. The van der Waals surface area contributed by atoms with Gasteiger partial charge in [0.25, 0.3) is 0 Å². The van der Waals surface area contributed by atoms with Crippen molar-refractivity contribution >= 4 is 5.91 Å². The summed E-state index contributed by atoms with van der Waals surface area (Å²) in [5, 5.41) is 3.07. The molecule has 0 aromatic rings. The number of hydrogen-bond donors (Lipinski definition) is 2. The number of piperidine rings is 1. The third-order valence-electron chi connectivity index (χ3n) is 4.85. The average molecular weight is 283 g/mol. The fourth-order valence-electron chi connectivity index (χ4n) is 2.76. The van der Waals surface area contributed by atoms with E-state index in [-0.39, 0.29) is 23.4 Å². The quantitative estimate of drug-likeness (QED) is 0.784. The van der Waals surface area contributed by atoms with E-state index in [0.29, 0.717) is 6.54 Å². The van der Waals surface area contributed by atoms with Crippen molar-refractivity contribution in [3.63, 3.8) is 0 Å². The molecule has 3 unspecified atom stereocenters. The molecule has 20 heavy (non-hydrogen) atoms. The smallest absolute Gasteiger partial charge is 0.224 e. The number of nitrogens with one attached hydrogen (secondary N) is 1. The fraction of sp³-hybridized carbons (Fsp3) is 0.938. The van der Waals surface area contributed by atoms with Crippen LogP contribution in [0, 0.1) is 11.8 Å². The minimum absolute atomic E-state index is 0.0149. The lowest BCUT2D eigenvalue weighted by Crippen LogP contribution is -2.55. The summed E-state index contributed by atoms with van der Waals surface area (Å²) in [6, 6.07) is -0.0995. The number of carbonyl (C=O) groups excluding carboxylic acids is 1. The molecule has 1 aliphatic rings. The molecule has 0 saturated carbocycles. The van der Waals surface area contributed by atoms with E-state index in [1.54, 1.807) is 0 Å². The molecule has 118 valence electrons. The van der Waals surface area contributed by atoms with E-state index in [4.69, 9.17) is 5.73 Å². The first-order chi connectivity index (χ1) is 9.27. The van der Waals surface area contributed by atoms with Crippen LogP contribution in [0.15, 0.2) is 0 Å². The molecule has 4 heteroatoms. The van der Waals surface area contributed by atoms with Gasteiger partial charge in [-0.2, -0.15) is 0 Å². The summed E-state index contributed by atoms with van der Waals surface area (Å²) in [4.78, 5) is 14.6. The Bertz CT molecular complexity index is 315. The highest BCUT2D eigenvalue weighted by Gasteiger charge is 2.31. The van der Waals surface area contributed by atoms with E-state index in [0.717, 1.165) is 19.0 Å². The topological polar surface area (TPSA) is 58.4 Å². The number of carbonyl (C=O) groups is 1. The highest BCUT2D eigenvalue weighted by Crippen LogP contribution is 2.25. The van der Waals surface area contributed by atoms with Gasteiger partial charge in [-0.15, -0.1) is 0 Å². The molecule has 3 N–H and O–H groups in total. The Kier molecular flexibility index (Phi) is 6.46. The van der Waals surface area contributed by atoms with Gasteiger partial charge in [0.2, 0.25) is 5.91 Å². The molecule has 1 heterocycles. The van der Waals surface area contributed by atoms with Crippen LogP contribution >= 0.6 is 0 Å². The number of nitrogens with two attached hydrogens (primary N) is 1. The Morgan fingerprint density at radius 2 is 2.10 bits per heavy atom. The summed E-state index contributed by atoms with van der Waals surface area (Å²) >= 11 is 0. The molecule has 1 rings (SSSR count). The number of rotatable bonds is 6. The van der Waals surface area contributed by atoms with Gasteiger partial charge in [0.15, 0.2) is 0 Å². The molecule has 1 fully saturated rings. The second-order valence-electron chi connectivity index (χ2n) is 7.04. The SMILES string of the molecule is CCC1CCCN(C(C)(C)CNC(=O)C(C)C(C)N)C1. The van der Waals surface area contributed by atoms with Crippen LogP contribution in [-0.4, -0.2) is 42.0 Å². The maximum absolute atomic E-state index is 12.0. The maximum atomic E-state index is 12.0. The first kappa shape index (κ1) is 17.4. The van der Waals surface area contributed by atoms with Crippen molar-refractivity contribution < 1.29 is 4.79 Å². The normalized spacial score (nSPS) is 24.2. The molecule has 0 radical (unpaired) electrons. The van der Waals surface area contributed by atoms with Gasteiger partial charge >= 0.3 is 0 Å². The zero-order valence-electron chi connectivity index (χ0n) is 13.9. The van der Waals surface area contributed by atoms with Crippen molar-refractivity contribution in [3.05, 3.63) is 0 Å². The van der Waals surface area contributed by atoms with Gasteiger partial charge in [-0.3, -0.25) is 9.69 Å². The molecule has 4 nitrogen and oxygen atoms in total. The Labute approximate surface area is 124 Å². The molecule has 1 amide bonds. The van der Waals surface area contributed by atoms with Crippen LogP contribution in [0.25, 0.3) is 0 Å². The minimum Gasteiger partial charge on any atom is -0.354 e. The van der Waals surface area contributed by atoms with E-state index >= 15 is 0 Å². The summed E-state index contributed by atoms with van der Waals surface area (Å²) in [6.07, 6.45) is 3.87. The number of nitrogens with zero attached hydrogens (tertiary/aromatic N) is 1. The van der Waals surface area contributed by atoms with Gasteiger partial charge in [0.05, 0.1) is 0 Å². The highest BCUT2D eigenvalue weighted by molar-refractivity contribution is 5.79. The first-order valence-corrected chi connectivity index (χ1v) is 8.06. The summed E-state index contributed by atoms with van der Waals surface area (Å²) in [5.74, 6) is 0.745. The molecular weight excluding hydrogens is 250 g/mol. The van der Waals surface area contributed by atoms with Crippen LogP contribution in [0.2, 0.25) is 0 Å². The van der Waals surface area contributed by atoms with Crippen molar-refractivity contribution in [1.29, 1.82) is 0 Å². The summed E-state index contributed by atoms with van der Waals surface area (Å²) < 4.78 is 0. The monoisotopic (exact) mass is 283 g/mol. The summed E-state index contributed by atoms with van der Waals surface area (Å²) in [7, 11) is 0. The lowest BCUT2D eigenvalue weighted by Gasteiger charge is -2.43. The zero-order valence-corrected chi connectivity index (χ0v) is 13.9. The standard InChI is InChI=1S/C16H33N3O/c1-6-14-8-7-9-19(10-14)16(4,5)11-18-15(20)12(2)13(3)17/h12-14H,6-11,17H2,1-5H3,(H,18,20). The second-order valence-corrected chi connectivity index (χ2v) is 7.04. The van der Waals surface area contributed by atoms with E-state index in [2.05, 4.69) is 31.0 Å². The van der Waals surface area contributed by atoms with Crippen molar-refractivity contribution in [2.24, 2.45) is 17.6 Å². The van der Waals surface area contributed by atoms with Crippen LogP contribution in [0.5, 0.6) is 0 Å². The predicted molar refractivity (Wildman–Crippen MR) is 84.5 cm³/mol. The first-order valence-electron chi connectivity index (χ1n) is 8.06. The van der Waals surface area contributed by atoms with E-state index < -0.39 is 0 Å². The third kappa shape index (κ3) is 4.74. The van der Waals surface area contributed by atoms with Gasteiger partial charge in [-0.25, -0.2) is 0 Å². The van der Waals surface area contributed by atoms with Crippen LogP contribution in [-0.2, 0) is 4.79 Å². The average Bonchev–Trinajstić information content (AvgIpc) is 2.43. The van der Waals surface area contributed by atoms with Crippen LogP contribution in [0.1, 0.15) is 53.9 Å². The number of hydrogen-bond acceptors (Lipinski definition) is 3. The van der Waals surface area contributed by atoms with Crippen LogP contribution < -0.4 is 11.1 Å². The van der Waals surface area contributed by atoms with Gasteiger partial charge in [-0.05, 0) is 46.1 Å². The van der Waals surface area contributed by atoms with Crippen molar-refractivity contribution in [1.82, 2.24) is 10.2 Å². The van der Waals surface area contributed by atoms with Gasteiger partial charge in [-0.1, -0.05) is 20.3 Å². The molecule has 0 spiro atoms. The summed E-state index contributed by atoms with van der Waals surface area (Å²) in [6.45, 7) is 13.5. The Balaban J connectivity index is 2.50. The number of likely N-dealkylation sites (tertiary alicyclic amines) is 1. The maximum Gasteiger partial charge on any atom is 0.224 e. The van der Waals surface area contributed by atoms with E-state index in [1.807, 2.05) is 13.8 Å². The van der Waals surface area contributed by atoms with Gasteiger partial charge in [0, 0.05) is 30.6 Å². The Hall–Kier alpha value is -0.610. The molecule has 1 aliphatic heterocycles. The largest absolute Gasteiger partial charge is 0.354 e. The Morgan fingerprint density at radius 1 is 1.45 bits per heavy atom.